The van der Waals surface area contributed by atoms with E-state index in [9.17, 15) is 19.8 Å². The van der Waals surface area contributed by atoms with Crippen LogP contribution in [0.15, 0.2) is 47.0 Å². The molecule has 0 heterocycles. The number of nitrogens with two attached hydrogens (primary N) is 2. The van der Waals surface area contributed by atoms with Crippen LogP contribution in [0.2, 0.25) is 0 Å². The second kappa shape index (κ2) is 11.0. The van der Waals surface area contributed by atoms with Crippen molar-refractivity contribution >= 4 is 23.3 Å². The fourth-order valence-electron chi connectivity index (χ4n) is 1.69. The predicted molar refractivity (Wildman–Crippen MR) is 76.5 cm³/mol. The standard InChI is InChI=1S/C14H12N4O6.2Na/c15-7-1-3-9(13(19)20)11(5-7)23-17-18-24-12-6-8(16)2-4-10(12)14(21)22;;/h1-6H,15-16H2,(H,19,20)(H,21,22);;/q;2*+1/p-2. The van der Waals surface area contributed by atoms with Gasteiger partial charge in [-0.2, -0.15) is 0 Å². The topological polar surface area (TPSA) is 175 Å². The van der Waals surface area contributed by atoms with E-state index in [1.165, 1.54) is 36.4 Å². The van der Waals surface area contributed by atoms with Crippen LogP contribution < -0.4 is 90.5 Å². The summed E-state index contributed by atoms with van der Waals surface area (Å²) in [5.74, 6) is -3.46. The molecule has 26 heavy (non-hydrogen) atoms. The molecule has 2 rings (SSSR count). The molecule has 0 spiro atoms. The Kier molecular flexibility index (Phi) is 10.2. The van der Waals surface area contributed by atoms with Gasteiger partial charge in [-0.1, -0.05) is 0 Å². The molecule has 0 radical (unpaired) electrons. The largest absolute Gasteiger partial charge is 1.00 e. The van der Waals surface area contributed by atoms with Gasteiger partial charge in [0.05, 0.1) is 22.5 Å². The molecule has 0 amide bonds. The second-order valence-electron chi connectivity index (χ2n) is 4.43. The Bertz CT molecular complexity index is 764. The summed E-state index contributed by atoms with van der Waals surface area (Å²) in [4.78, 5) is 31.4. The van der Waals surface area contributed by atoms with Crippen molar-refractivity contribution in [3.05, 3.63) is 47.5 Å². The monoisotopic (exact) mass is 376 g/mol. The summed E-state index contributed by atoms with van der Waals surface area (Å²) < 4.78 is 0. The summed E-state index contributed by atoms with van der Waals surface area (Å²) in [5.41, 5.74) is 10.9. The molecule has 0 bridgehead atoms. The number of carboxylic acids is 2. The Morgan fingerprint density at radius 2 is 1.12 bits per heavy atom. The number of aromatic carboxylic acids is 2. The van der Waals surface area contributed by atoms with Gasteiger partial charge in [0, 0.05) is 34.6 Å². The van der Waals surface area contributed by atoms with Crippen LogP contribution in [-0.2, 0) is 0 Å². The van der Waals surface area contributed by atoms with E-state index in [2.05, 4.69) is 10.6 Å². The van der Waals surface area contributed by atoms with Crippen molar-refractivity contribution in [3.63, 3.8) is 0 Å². The minimum atomic E-state index is -1.50. The molecule has 124 valence electrons. The van der Waals surface area contributed by atoms with Crippen molar-refractivity contribution in [2.75, 3.05) is 11.5 Å². The Balaban J connectivity index is 0.00000312. The maximum Gasteiger partial charge on any atom is 1.00 e. The molecule has 0 aromatic heterocycles. The molecule has 0 aliphatic heterocycles. The van der Waals surface area contributed by atoms with Crippen molar-refractivity contribution < 1.29 is 88.6 Å². The van der Waals surface area contributed by atoms with Gasteiger partial charge >= 0.3 is 59.1 Å². The number of benzene rings is 2. The predicted octanol–water partition coefficient (Wildman–Crippen LogP) is -6.67. The van der Waals surface area contributed by atoms with E-state index in [1.54, 1.807) is 0 Å². The van der Waals surface area contributed by atoms with E-state index < -0.39 is 11.9 Å². The van der Waals surface area contributed by atoms with Gasteiger partial charge in [-0.3, -0.25) is 0 Å². The van der Waals surface area contributed by atoms with Crippen molar-refractivity contribution in [1.29, 1.82) is 0 Å². The van der Waals surface area contributed by atoms with Gasteiger partial charge in [0.15, 0.2) is 11.5 Å². The van der Waals surface area contributed by atoms with Crippen LogP contribution in [0.25, 0.3) is 0 Å². The van der Waals surface area contributed by atoms with Gasteiger partial charge in [-0.15, -0.1) is 0 Å². The second-order valence-corrected chi connectivity index (χ2v) is 4.43. The molecular weight excluding hydrogens is 366 g/mol. The number of carbonyl (C=O) groups is 2. The zero-order chi connectivity index (χ0) is 17.7. The van der Waals surface area contributed by atoms with Crippen molar-refractivity contribution in [3.8, 4) is 11.5 Å². The summed E-state index contributed by atoms with van der Waals surface area (Å²) in [6.45, 7) is 0. The van der Waals surface area contributed by atoms with Crippen LogP contribution in [-0.4, -0.2) is 11.9 Å². The van der Waals surface area contributed by atoms with E-state index in [1.807, 2.05) is 0 Å². The van der Waals surface area contributed by atoms with Crippen LogP contribution in [0.3, 0.4) is 0 Å². The number of carboxylic acid groups (broad SMARTS) is 2. The quantitative estimate of drug-likeness (QED) is 0.216. The third kappa shape index (κ3) is 6.48. The molecule has 0 saturated heterocycles. The number of rotatable bonds is 6. The normalized spacial score (nSPS) is 9.69. The van der Waals surface area contributed by atoms with Crippen molar-refractivity contribution in [2.24, 2.45) is 10.6 Å². The van der Waals surface area contributed by atoms with Gasteiger partial charge in [0.25, 0.3) is 0 Å². The first-order valence-electron chi connectivity index (χ1n) is 6.34. The molecule has 0 aliphatic carbocycles. The van der Waals surface area contributed by atoms with Crippen molar-refractivity contribution in [2.45, 2.75) is 0 Å². The van der Waals surface area contributed by atoms with Gasteiger partial charge in [-0.25, -0.2) is 0 Å². The fourth-order valence-corrected chi connectivity index (χ4v) is 1.69. The Labute approximate surface area is 191 Å². The molecule has 12 heteroatoms. The minimum Gasteiger partial charge on any atom is -0.545 e. The molecule has 0 fully saturated rings. The molecule has 0 saturated carbocycles. The van der Waals surface area contributed by atoms with Gasteiger partial charge in [0.2, 0.25) is 0 Å². The minimum absolute atomic E-state index is 0. The van der Waals surface area contributed by atoms with Crippen LogP contribution >= 0.6 is 0 Å². The third-order valence-corrected chi connectivity index (χ3v) is 2.76. The van der Waals surface area contributed by atoms with Crippen LogP contribution in [0.4, 0.5) is 11.4 Å². The molecule has 0 aliphatic rings. The average Bonchev–Trinajstić information content (AvgIpc) is 2.51. The molecule has 10 nitrogen and oxygen atoms in total. The van der Waals surface area contributed by atoms with Gasteiger partial charge < -0.3 is 40.9 Å². The number of hydrogen-bond acceptors (Lipinski definition) is 10. The zero-order valence-electron chi connectivity index (χ0n) is 14.0. The van der Waals surface area contributed by atoms with E-state index in [-0.39, 0.29) is 93.1 Å². The molecule has 0 atom stereocenters. The first-order valence-corrected chi connectivity index (χ1v) is 6.34. The third-order valence-electron chi connectivity index (χ3n) is 2.76. The maximum absolute atomic E-state index is 10.9. The van der Waals surface area contributed by atoms with E-state index in [0.29, 0.717) is 0 Å². The smallest absolute Gasteiger partial charge is 0.545 e. The summed E-state index contributed by atoms with van der Waals surface area (Å²) in [7, 11) is 0. The van der Waals surface area contributed by atoms with E-state index in [0.717, 1.165) is 0 Å². The number of anilines is 2. The maximum atomic E-state index is 10.9. The SMILES string of the molecule is Nc1ccc(C(=O)[O-])c(ON=NOc2cc(N)ccc2C(=O)[O-])c1.[Na+].[Na+]. The summed E-state index contributed by atoms with van der Waals surface area (Å²) in [6.07, 6.45) is 0. The number of nitrogens with zero attached hydrogens (tertiary/aromatic N) is 2. The fraction of sp³-hybridized carbons (Fsp3) is 0. The Hall–Kier alpha value is -1.82. The van der Waals surface area contributed by atoms with Gasteiger partial charge in [0.1, 0.15) is 0 Å². The zero-order valence-corrected chi connectivity index (χ0v) is 18.0. The Morgan fingerprint density at radius 1 is 0.769 bits per heavy atom. The first kappa shape index (κ1) is 24.2. The number of hydrogen-bond donors (Lipinski definition) is 2. The first-order chi connectivity index (χ1) is 11.4. The van der Waals surface area contributed by atoms with Crippen LogP contribution in [0.5, 0.6) is 11.5 Å². The molecule has 2 aromatic carbocycles. The number of carbonyl (C=O) groups excluding carboxylic acids is 2. The van der Waals surface area contributed by atoms with Gasteiger partial charge in [-0.05, 0) is 24.3 Å². The summed E-state index contributed by atoms with van der Waals surface area (Å²) in [6, 6.07) is 7.40. The molecule has 4 N–H and O–H groups in total. The van der Waals surface area contributed by atoms with E-state index >= 15 is 0 Å². The van der Waals surface area contributed by atoms with Crippen LogP contribution in [0, 0.1) is 0 Å². The van der Waals surface area contributed by atoms with E-state index in [4.69, 9.17) is 21.1 Å². The molecular formula is C14H10N4Na2O6. The Morgan fingerprint density at radius 3 is 1.42 bits per heavy atom. The van der Waals surface area contributed by atoms with Crippen LogP contribution in [0.1, 0.15) is 20.7 Å². The molecule has 0 unspecified atom stereocenters. The summed E-state index contributed by atoms with van der Waals surface area (Å²) >= 11 is 0. The number of nitrogen functional groups attached to an aromatic ring is 2. The average molecular weight is 376 g/mol. The summed E-state index contributed by atoms with van der Waals surface area (Å²) in [5, 5.41) is 28.2. The van der Waals surface area contributed by atoms with Crippen molar-refractivity contribution in [1.82, 2.24) is 0 Å². The molecule has 2 aromatic rings.